The molecule has 3 N–H and O–H groups in total. The van der Waals surface area contributed by atoms with Crippen molar-refractivity contribution in [3.63, 3.8) is 0 Å². The molecule has 132 valence electrons. The van der Waals surface area contributed by atoms with Crippen LogP contribution in [-0.4, -0.2) is 44.3 Å². The first-order valence-corrected chi connectivity index (χ1v) is 7.78. The zero-order chi connectivity index (χ0) is 17.8. The number of aromatic nitrogens is 2. The summed E-state index contributed by atoms with van der Waals surface area (Å²) >= 11 is 0. The van der Waals surface area contributed by atoms with Crippen LogP contribution in [0.1, 0.15) is 59.6 Å². The van der Waals surface area contributed by atoms with Gasteiger partial charge in [-0.15, -0.1) is 0 Å². The first kappa shape index (κ1) is 19.4. The second-order valence-corrected chi connectivity index (χ2v) is 7.62. The third-order valence-corrected chi connectivity index (χ3v) is 3.10. The predicted octanol–water partition coefficient (Wildman–Crippen LogP) is 1.95. The highest BCUT2D eigenvalue weighted by Gasteiger charge is 2.23. The Morgan fingerprint density at radius 3 is 2.39 bits per heavy atom. The first-order valence-electron chi connectivity index (χ1n) is 7.78. The molecule has 0 saturated carbocycles. The number of rotatable bonds is 5. The summed E-state index contributed by atoms with van der Waals surface area (Å²) in [5.74, 6) is 0. The molecule has 1 aromatic heterocycles. The second-order valence-electron chi connectivity index (χ2n) is 7.62. The van der Waals surface area contributed by atoms with Gasteiger partial charge in [0.2, 0.25) is 0 Å². The highest BCUT2D eigenvalue weighted by atomic mass is 16.6. The zero-order valence-electron chi connectivity index (χ0n) is 14.8. The average molecular weight is 327 g/mol. The minimum Gasteiger partial charge on any atom is -0.444 e. The van der Waals surface area contributed by atoms with Crippen LogP contribution in [0.4, 0.5) is 4.79 Å². The lowest BCUT2D eigenvalue weighted by Gasteiger charge is -2.21. The van der Waals surface area contributed by atoms with E-state index in [1.165, 1.54) is 0 Å². The maximum absolute atomic E-state index is 11.5. The van der Waals surface area contributed by atoms with Crippen LogP contribution >= 0.6 is 0 Å². The zero-order valence-corrected chi connectivity index (χ0v) is 14.8. The lowest BCUT2D eigenvalue weighted by Crippen LogP contribution is -2.34. The summed E-state index contributed by atoms with van der Waals surface area (Å²) in [5.41, 5.74) is -0.213. The van der Waals surface area contributed by atoms with Gasteiger partial charge in [0, 0.05) is 18.3 Å². The lowest BCUT2D eigenvalue weighted by atomic mass is 10.1. The van der Waals surface area contributed by atoms with Gasteiger partial charge in [0.1, 0.15) is 11.7 Å². The van der Waals surface area contributed by atoms with E-state index in [2.05, 4.69) is 10.4 Å². The third-order valence-electron chi connectivity index (χ3n) is 3.10. The van der Waals surface area contributed by atoms with Crippen molar-refractivity contribution in [3.05, 3.63) is 18.0 Å². The Morgan fingerprint density at radius 2 is 1.91 bits per heavy atom. The Hall–Kier alpha value is -1.60. The summed E-state index contributed by atoms with van der Waals surface area (Å²) in [7, 11) is 0. The normalized spacial score (nSPS) is 15.1. The molecule has 0 aliphatic carbocycles. The molecule has 2 atom stereocenters. The van der Waals surface area contributed by atoms with E-state index in [1.54, 1.807) is 37.8 Å². The van der Waals surface area contributed by atoms with Crippen LogP contribution in [0, 0.1) is 0 Å². The number of hydrogen-bond acceptors (Lipinski definition) is 5. The summed E-state index contributed by atoms with van der Waals surface area (Å²) in [6.07, 6.45) is 0.880. The molecular formula is C16H29N3O4. The standard InChI is InChI=1S/C16H29N3O4/c1-15(2,3)19-10-11(9-18-19)13(21)12(20)7-8-17-14(22)23-16(4,5)6/h9-10,12-13,20-21H,7-8H2,1-6H3,(H,17,22). The van der Waals surface area contributed by atoms with E-state index >= 15 is 0 Å². The lowest BCUT2D eigenvalue weighted by molar-refractivity contribution is 0.0122. The predicted molar refractivity (Wildman–Crippen MR) is 87.0 cm³/mol. The fraction of sp³-hybridized carbons (Fsp3) is 0.750. The van der Waals surface area contributed by atoms with E-state index in [9.17, 15) is 15.0 Å². The highest BCUT2D eigenvalue weighted by molar-refractivity contribution is 5.67. The summed E-state index contributed by atoms with van der Waals surface area (Å²) in [6, 6.07) is 0. The molecule has 0 aliphatic rings. The van der Waals surface area contributed by atoms with Crippen LogP contribution in [0.3, 0.4) is 0 Å². The van der Waals surface area contributed by atoms with Crippen molar-refractivity contribution in [2.75, 3.05) is 6.54 Å². The molecule has 0 bridgehead atoms. The smallest absolute Gasteiger partial charge is 0.407 e. The van der Waals surface area contributed by atoms with Crippen molar-refractivity contribution in [1.82, 2.24) is 15.1 Å². The van der Waals surface area contributed by atoms with E-state index < -0.39 is 23.9 Å². The van der Waals surface area contributed by atoms with Crippen LogP contribution in [0.25, 0.3) is 0 Å². The van der Waals surface area contributed by atoms with E-state index in [0.717, 1.165) is 0 Å². The summed E-state index contributed by atoms with van der Waals surface area (Å²) in [4.78, 5) is 11.5. The third kappa shape index (κ3) is 6.58. The monoisotopic (exact) mass is 327 g/mol. The number of nitrogens with one attached hydrogen (secondary N) is 1. The van der Waals surface area contributed by atoms with Crippen molar-refractivity contribution in [1.29, 1.82) is 0 Å². The summed E-state index contributed by atoms with van der Waals surface area (Å²) in [6.45, 7) is 11.5. The van der Waals surface area contributed by atoms with Gasteiger partial charge in [-0.3, -0.25) is 4.68 Å². The molecule has 0 spiro atoms. The van der Waals surface area contributed by atoms with Crippen LogP contribution in [0.2, 0.25) is 0 Å². The molecule has 1 amide bonds. The van der Waals surface area contributed by atoms with Crippen molar-refractivity contribution in [2.24, 2.45) is 0 Å². The van der Waals surface area contributed by atoms with Gasteiger partial charge >= 0.3 is 6.09 Å². The van der Waals surface area contributed by atoms with Gasteiger partial charge < -0.3 is 20.3 Å². The topological polar surface area (TPSA) is 96.6 Å². The van der Waals surface area contributed by atoms with E-state index in [4.69, 9.17) is 4.74 Å². The quantitative estimate of drug-likeness (QED) is 0.768. The Bertz CT molecular complexity index is 514. The Balaban J connectivity index is 2.47. The molecule has 1 rings (SSSR count). The summed E-state index contributed by atoms with van der Waals surface area (Å²) in [5, 5.41) is 27.0. The molecule has 0 aliphatic heterocycles. The van der Waals surface area contributed by atoms with Gasteiger partial charge in [-0.1, -0.05) is 0 Å². The van der Waals surface area contributed by atoms with Crippen molar-refractivity contribution >= 4 is 6.09 Å². The number of carbonyl (C=O) groups excluding carboxylic acids is 1. The number of hydrogen-bond donors (Lipinski definition) is 3. The fourth-order valence-electron chi connectivity index (χ4n) is 1.87. The molecule has 0 saturated heterocycles. The second kappa shape index (κ2) is 7.31. The maximum Gasteiger partial charge on any atom is 0.407 e. The van der Waals surface area contributed by atoms with E-state index in [0.29, 0.717) is 5.56 Å². The molecule has 1 heterocycles. The van der Waals surface area contributed by atoms with Crippen LogP contribution in [0.15, 0.2) is 12.4 Å². The molecule has 7 heteroatoms. The Morgan fingerprint density at radius 1 is 1.30 bits per heavy atom. The molecule has 1 aromatic rings. The maximum atomic E-state index is 11.5. The van der Waals surface area contributed by atoms with Gasteiger partial charge in [-0.05, 0) is 48.0 Å². The van der Waals surface area contributed by atoms with E-state index in [1.807, 2.05) is 20.8 Å². The van der Waals surface area contributed by atoms with Crippen LogP contribution < -0.4 is 5.32 Å². The van der Waals surface area contributed by atoms with Gasteiger partial charge in [0.15, 0.2) is 0 Å². The molecule has 2 unspecified atom stereocenters. The van der Waals surface area contributed by atoms with Crippen LogP contribution in [0.5, 0.6) is 0 Å². The average Bonchev–Trinajstić information content (AvgIpc) is 2.84. The molecule has 23 heavy (non-hydrogen) atoms. The van der Waals surface area contributed by atoms with Gasteiger partial charge in [-0.2, -0.15) is 5.10 Å². The highest BCUT2D eigenvalue weighted by Crippen LogP contribution is 2.21. The molecule has 7 nitrogen and oxygen atoms in total. The van der Waals surface area contributed by atoms with Crippen LogP contribution in [-0.2, 0) is 10.3 Å². The molecule has 0 fully saturated rings. The molecule has 0 aromatic carbocycles. The summed E-state index contributed by atoms with van der Waals surface area (Å²) < 4.78 is 6.83. The number of carbonyl (C=O) groups is 1. The number of amides is 1. The van der Waals surface area contributed by atoms with Gasteiger partial charge in [-0.25, -0.2) is 4.79 Å². The number of aliphatic hydroxyl groups excluding tert-OH is 2. The largest absolute Gasteiger partial charge is 0.444 e. The Labute approximate surface area is 137 Å². The van der Waals surface area contributed by atoms with Crippen molar-refractivity contribution in [3.8, 4) is 0 Å². The first-order chi connectivity index (χ1) is 10.4. The van der Waals surface area contributed by atoms with Gasteiger partial charge in [0.05, 0.1) is 17.8 Å². The fourth-order valence-corrected chi connectivity index (χ4v) is 1.87. The minimum absolute atomic E-state index is 0.193. The van der Waals surface area contributed by atoms with Crippen molar-refractivity contribution in [2.45, 2.75) is 71.3 Å². The number of nitrogens with zero attached hydrogens (tertiary/aromatic N) is 2. The number of ether oxygens (including phenoxy) is 1. The molecule has 0 radical (unpaired) electrons. The number of alkyl carbamates (subject to hydrolysis) is 1. The SMILES string of the molecule is CC(C)(C)OC(=O)NCCC(O)C(O)c1cnn(C(C)(C)C)c1. The Kier molecular flexibility index (Phi) is 6.18. The van der Waals surface area contributed by atoms with E-state index in [-0.39, 0.29) is 18.5 Å². The molecular weight excluding hydrogens is 298 g/mol. The van der Waals surface area contributed by atoms with Crippen molar-refractivity contribution < 1.29 is 19.7 Å². The minimum atomic E-state index is -1.05. The number of aliphatic hydroxyl groups is 2. The van der Waals surface area contributed by atoms with Gasteiger partial charge in [0.25, 0.3) is 0 Å².